The minimum absolute atomic E-state index is 0.0384. The highest BCUT2D eigenvalue weighted by atomic mass is 79.9. The third-order valence-electron chi connectivity index (χ3n) is 4.10. The van der Waals surface area contributed by atoms with Crippen LogP contribution in [0.15, 0.2) is 81.4 Å². The highest BCUT2D eigenvalue weighted by Gasteiger charge is 2.34. The second-order valence-electron chi connectivity index (χ2n) is 6.02. The molecule has 0 unspecified atom stereocenters. The lowest BCUT2D eigenvalue weighted by Gasteiger charge is -2.13. The van der Waals surface area contributed by atoms with Gasteiger partial charge in [0.05, 0.1) is 12.0 Å². The number of hydrogen-bond donors (Lipinski definition) is 1. The normalized spacial score (nSPS) is 14.9. The Hall–Kier alpha value is -3.65. The molecule has 0 spiro atoms. The zero-order chi connectivity index (χ0) is 20.4. The van der Waals surface area contributed by atoms with Crippen LogP contribution in [-0.2, 0) is 9.59 Å². The van der Waals surface area contributed by atoms with Crippen LogP contribution in [0.5, 0.6) is 5.75 Å². The summed E-state index contributed by atoms with van der Waals surface area (Å²) < 4.78 is 11.1. The van der Waals surface area contributed by atoms with E-state index in [1.54, 1.807) is 48.5 Å². The average Bonchev–Trinajstić information content (AvgIpc) is 3.35. The van der Waals surface area contributed by atoms with E-state index in [9.17, 15) is 14.4 Å². The van der Waals surface area contributed by atoms with Crippen LogP contribution in [0.1, 0.15) is 16.1 Å². The molecular weight excluding hydrogens is 440 g/mol. The number of carbonyl (C=O) groups is 3. The summed E-state index contributed by atoms with van der Waals surface area (Å²) in [7, 11) is 0. The number of carbonyl (C=O) groups excluding carboxylic acids is 3. The average molecular weight is 453 g/mol. The minimum atomic E-state index is -0.690. The SMILES string of the molecule is O=C1NN(c2ccccc2)C(=O)C1=Cc1cc(Br)ccc1OC(=O)c1ccco1. The Balaban J connectivity index is 1.67. The van der Waals surface area contributed by atoms with Crippen LogP contribution in [0, 0.1) is 0 Å². The number of ether oxygens (including phenoxy) is 1. The number of hydrogen-bond acceptors (Lipinski definition) is 5. The molecule has 8 heteroatoms. The van der Waals surface area contributed by atoms with Crippen molar-refractivity contribution in [2.24, 2.45) is 0 Å². The zero-order valence-corrected chi connectivity index (χ0v) is 16.4. The van der Waals surface area contributed by atoms with Gasteiger partial charge in [-0.2, -0.15) is 0 Å². The third-order valence-corrected chi connectivity index (χ3v) is 4.60. The molecule has 144 valence electrons. The number of furan rings is 1. The first kappa shape index (κ1) is 18.7. The van der Waals surface area contributed by atoms with E-state index in [0.717, 1.165) is 0 Å². The first-order valence-corrected chi connectivity index (χ1v) is 9.29. The monoisotopic (exact) mass is 452 g/mol. The molecule has 0 saturated carbocycles. The molecule has 2 heterocycles. The zero-order valence-electron chi connectivity index (χ0n) is 14.8. The van der Waals surface area contributed by atoms with Crippen molar-refractivity contribution in [2.75, 3.05) is 5.01 Å². The highest BCUT2D eigenvalue weighted by Crippen LogP contribution is 2.28. The molecule has 0 atom stereocenters. The number of anilines is 1. The number of nitrogens with one attached hydrogen (secondary N) is 1. The maximum absolute atomic E-state index is 12.8. The van der Waals surface area contributed by atoms with Gasteiger partial charge in [0.25, 0.3) is 11.8 Å². The molecule has 2 aromatic carbocycles. The molecule has 0 aliphatic carbocycles. The number of nitrogens with zero attached hydrogens (tertiary/aromatic N) is 1. The van der Waals surface area contributed by atoms with E-state index in [1.807, 2.05) is 6.07 Å². The van der Waals surface area contributed by atoms with Gasteiger partial charge in [-0.3, -0.25) is 15.0 Å². The van der Waals surface area contributed by atoms with Crippen LogP contribution < -0.4 is 15.2 Å². The number of benzene rings is 2. The van der Waals surface area contributed by atoms with Gasteiger partial charge in [0.15, 0.2) is 0 Å². The Morgan fingerprint density at radius 3 is 2.59 bits per heavy atom. The van der Waals surface area contributed by atoms with Crippen LogP contribution >= 0.6 is 15.9 Å². The second kappa shape index (κ2) is 7.76. The van der Waals surface area contributed by atoms with Crippen molar-refractivity contribution in [3.63, 3.8) is 0 Å². The number of halogens is 1. The van der Waals surface area contributed by atoms with Crippen molar-refractivity contribution in [3.8, 4) is 5.75 Å². The van der Waals surface area contributed by atoms with Gasteiger partial charge >= 0.3 is 5.97 Å². The van der Waals surface area contributed by atoms with Crippen molar-refractivity contribution in [1.82, 2.24) is 5.43 Å². The molecule has 1 aromatic heterocycles. The van der Waals surface area contributed by atoms with E-state index in [-0.39, 0.29) is 17.1 Å². The molecule has 0 bridgehead atoms. The molecule has 4 rings (SSSR count). The lowest BCUT2D eigenvalue weighted by atomic mass is 10.1. The topological polar surface area (TPSA) is 88.9 Å². The smallest absolute Gasteiger partial charge is 0.379 e. The molecular formula is C21H13BrN2O5. The largest absolute Gasteiger partial charge is 0.457 e. The van der Waals surface area contributed by atoms with Crippen LogP contribution in [0.4, 0.5) is 5.69 Å². The van der Waals surface area contributed by atoms with E-state index in [0.29, 0.717) is 15.7 Å². The molecule has 3 aromatic rings. The van der Waals surface area contributed by atoms with Gasteiger partial charge in [-0.15, -0.1) is 0 Å². The molecule has 1 aliphatic rings. The van der Waals surface area contributed by atoms with Crippen LogP contribution in [0.2, 0.25) is 0 Å². The van der Waals surface area contributed by atoms with Crippen molar-refractivity contribution >= 4 is 45.5 Å². The van der Waals surface area contributed by atoms with Crippen molar-refractivity contribution in [2.45, 2.75) is 0 Å². The lowest BCUT2D eigenvalue weighted by molar-refractivity contribution is -0.117. The van der Waals surface area contributed by atoms with E-state index in [2.05, 4.69) is 21.4 Å². The summed E-state index contributed by atoms with van der Waals surface area (Å²) in [4.78, 5) is 37.4. The van der Waals surface area contributed by atoms with Gasteiger partial charge in [0, 0.05) is 10.0 Å². The number of amides is 2. The van der Waals surface area contributed by atoms with Gasteiger partial charge in [0.2, 0.25) is 5.76 Å². The highest BCUT2D eigenvalue weighted by molar-refractivity contribution is 9.10. The van der Waals surface area contributed by atoms with E-state index in [1.165, 1.54) is 23.4 Å². The van der Waals surface area contributed by atoms with Gasteiger partial charge < -0.3 is 9.15 Å². The summed E-state index contributed by atoms with van der Waals surface area (Å²) in [6.45, 7) is 0. The summed E-state index contributed by atoms with van der Waals surface area (Å²) in [6, 6.07) is 16.7. The molecule has 0 radical (unpaired) electrons. The van der Waals surface area contributed by atoms with Crippen LogP contribution in [-0.4, -0.2) is 17.8 Å². The van der Waals surface area contributed by atoms with E-state index >= 15 is 0 Å². The van der Waals surface area contributed by atoms with Gasteiger partial charge in [-0.1, -0.05) is 34.1 Å². The summed E-state index contributed by atoms with van der Waals surface area (Å²) in [6.07, 6.45) is 2.75. The Morgan fingerprint density at radius 2 is 1.86 bits per heavy atom. The molecule has 1 fully saturated rings. The molecule has 7 nitrogen and oxygen atoms in total. The Kier molecular flexibility index (Phi) is 5.01. The van der Waals surface area contributed by atoms with Gasteiger partial charge in [-0.05, 0) is 48.5 Å². The Bertz CT molecular complexity index is 1120. The van der Waals surface area contributed by atoms with Gasteiger partial charge in [0.1, 0.15) is 11.3 Å². The Morgan fingerprint density at radius 1 is 1.07 bits per heavy atom. The molecule has 29 heavy (non-hydrogen) atoms. The molecule has 2 amide bonds. The summed E-state index contributed by atoms with van der Waals surface area (Å²) in [5, 5.41) is 1.17. The second-order valence-corrected chi connectivity index (χ2v) is 6.94. The number of esters is 1. The fourth-order valence-electron chi connectivity index (χ4n) is 2.74. The first-order valence-electron chi connectivity index (χ1n) is 8.50. The third kappa shape index (κ3) is 3.83. The fraction of sp³-hybridized carbons (Fsp3) is 0. The van der Waals surface area contributed by atoms with E-state index < -0.39 is 17.8 Å². The predicted molar refractivity (Wildman–Crippen MR) is 108 cm³/mol. The van der Waals surface area contributed by atoms with Crippen molar-refractivity contribution in [1.29, 1.82) is 0 Å². The number of hydrazine groups is 1. The van der Waals surface area contributed by atoms with Crippen molar-refractivity contribution < 1.29 is 23.5 Å². The summed E-state index contributed by atoms with van der Waals surface area (Å²) in [5.41, 5.74) is 3.37. The predicted octanol–water partition coefficient (Wildman–Crippen LogP) is 3.72. The van der Waals surface area contributed by atoms with E-state index in [4.69, 9.17) is 9.15 Å². The molecule has 1 N–H and O–H groups in total. The van der Waals surface area contributed by atoms with Crippen LogP contribution in [0.3, 0.4) is 0 Å². The minimum Gasteiger partial charge on any atom is -0.457 e. The first-order chi connectivity index (χ1) is 14.0. The quantitative estimate of drug-likeness (QED) is 0.282. The number of rotatable bonds is 4. The summed E-state index contributed by atoms with van der Waals surface area (Å²) in [5.74, 6) is -1.53. The maximum atomic E-state index is 12.8. The number of para-hydroxylation sites is 1. The van der Waals surface area contributed by atoms with Crippen LogP contribution in [0.25, 0.3) is 6.08 Å². The van der Waals surface area contributed by atoms with Crippen molar-refractivity contribution in [3.05, 3.63) is 88.3 Å². The molecule has 1 aliphatic heterocycles. The molecule has 1 saturated heterocycles. The summed E-state index contributed by atoms with van der Waals surface area (Å²) >= 11 is 3.35. The maximum Gasteiger partial charge on any atom is 0.379 e. The fourth-order valence-corrected chi connectivity index (χ4v) is 3.12. The standard InChI is InChI=1S/C21H13BrN2O5/c22-14-8-9-17(29-21(27)18-7-4-10-28-18)13(11-14)12-16-19(25)23-24(20(16)26)15-5-2-1-3-6-15/h1-12H,(H,23,25). The van der Waals surface area contributed by atoms with Gasteiger partial charge in [-0.25, -0.2) is 9.80 Å². The lowest BCUT2D eigenvalue weighted by Crippen LogP contribution is -2.35. The Labute approximate surface area is 173 Å².